The van der Waals surface area contributed by atoms with Gasteiger partial charge in [0.25, 0.3) is 0 Å². The van der Waals surface area contributed by atoms with Crippen LogP contribution >= 0.6 is 38.5 Å². The zero-order valence-electron chi connectivity index (χ0n) is 7.59. The van der Waals surface area contributed by atoms with Crippen LogP contribution in [-0.2, 0) is 11.2 Å². The first-order valence-electron chi connectivity index (χ1n) is 4.29. The summed E-state index contributed by atoms with van der Waals surface area (Å²) in [5.41, 5.74) is 1.03. The van der Waals surface area contributed by atoms with E-state index in [0.29, 0.717) is 6.42 Å². The average Bonchev–Trinajstić information content (AvgIpc) is 2.15. The van der Waals surface area contributed by atoms with Crippen LogP contribution < -0.4 is 5.32 Å². The molecule has 2 nitrogen and oxygen atoms in total. The number of halogens is 2. The molecule has 1 amide bonds. The fourth-order valence-electron chi connectivity index (χ4n) is 1.08. The quantitative estimate of drug-likeness (QED) is 0.643. The minimum atomic E-state index is 0.0831. The van der Waals surface area contributed by atoms with E-state index in [1.165, 1.54) is 0 Å². The first-order chi connectivity index (χ1) is 6.72. The van der Waals surface area contributed by atoms with Crippen molar-refractivity contribution in [1.82, 2.24) is 5.32 Å². The standard InChI is InChI=1S/C10H11BrINO/c11-9-3-1-2-8(6-9)7-10(14)13-5-4-12/h1-3,6H,4-5,7H2,(H,13,14). The molecule has 0 fully saturated rings. The van der Waals surface area contributed by atoms with Gasteiger partial charge in [-0.05, 0) is 17.7 Å². The monoisotopic (exact) mass is 367 g/mol. The van der Waals surface area contributed by atoms with E-state index in [0.717, 1.165) is 21.0 Å². The van der Waals surface area contributed by atoms with E-state index in [2.05, 4.69) is 43.8 Å². The van der Waals surface area contributed by atoms with Gasteiger partial charge in [-0.25, -0.2) is 0 Å². The predicted molar refractivity (Wildman–Crippen MR) is 69.7 cm³/mol. The summed E-state index contributed by atoms with van der Waals surface area (Å²) in [4.78, 5) is 11.4. The second-order valence-corrected chi connectivity index (χ2v) is 4.84. The van der Waals surface area contributed by atoms with Crippen molar-refractivity contribution in [3.8, 4) is 0 Å². The number of benzene rings is 1. The number of rotatable bonds is 4. The molecule has 1 aromatic rings. The molecule has 0 bridgehead atoms. The number of carbonyl (C=O) groups is 1. The van der Waals surface area contributed by atoms with Crippen molar-refractivity contribution in [2.45, 2.75) is 6.42 Å². The largest absolute Gasteiger partial charge is 0.355 e. The van der Waals surface area contributed by atoms with Crippen molar-refractivity contribution >= 4 is 44.4 Å². The maximum Gasteiger partial charge on any atom is 0.224 e. The topological polar surface area (TPSA) is 29.1 Å². The van der Waals surface area contributed by atoms with E-state index < -0.39 is 0 Å². The Bertz CT molecular complexity index is 317. The molecule has 1 aromatic carbocycles. The van der Waals surface area contributed by atoms with Crippen LogP contribution in [0, 0.1) is 0 Å². The summed E-state index contributed by atoms with van der Waals surface area (Å²) in [7, 11) is 0. The fraction of sp³-hybridized carbons (Fsp3) is 0.300. The van der Waals surface area contributed by atoms with Crippen LogP contribution in [0.3, 0.4) is 0 Å². The van der Waals surface area contributed by atoms with E-state index in [-0.39, 0.29) is 5.91 Å². The maximum absolute atomic E-state index is 11.4. The van der Waals surface area contributed by atoms with Crippen LogP contribution in [0.25, 0.3) is 0 Å². The molecule has 0 radical (unpaired) electrons. The lowest BCUT2D eigenvalue weighted by Crippen LogP contribution is -2.26. The van der Waals surface area contributed by atoms with Crippen molar-refractivity contribution < 1.29 is 4.79 Å². The Kier molecular flexibility index (Phi) is 5.47. The molecule has 0 unspecified atom stereocenters. The smallest absolute Gasteiger partial charge is 0.224 e. The zero-order valence-corrected chi connectivity index (χ0v) is 11.3. The van der Waals surface area contributed by atoms with Gasteiger partial charge < -0.3 is 5.32 Å². The Labute approximate surface area is 106 Å². The molecule has 0 heterocycles. The molecular weight excluding hydrogens is 357 g/mol. The van der Waals surface area contributed by atoms with Gasteiger partial charge in [-0.1, -0.05) is 50.7 Å². The summed E-state index contributed by atoms with van der Waals surface area (Å²) in [6.07, 6.45) is 0.454. The van der Waals surface area contributed by atoms with E-state index in [9.17, 15) is 4.79 Å². The molecule has 0 aliphatic rings. The van der Waals surface area contributed by atoms with Gasteiger partial charge in [0.15, 0.2) is 0 Å². The van der Waals surface area contributed by atoms with Gasteiger partial charge in [0.1, 0.15) is 0 Å². The molecule has 0 atom stereocenters. The Hall–Kier alpha value is -0.100. The van der Waals surface area contributed by atoms with Crippen LogP contribution in [0.1, 0.15) is 5.56 Å². The normalized spacial score (nSPS) is 9.86. The summed E-state index contributed by atoms with van der Waals surface area (Å²) in [6.45, 7) is 0.743. The maximum atomic E-state index is 11.4. The fourth-order valence-corrected chi connectivity index (χ4v) is 1.80. The Morgan fingerprint density at radius 1 is 1.50 bits per heavy atom. The van der Waals surface area contributed by atoms with Gasteiger partial charge in [-0.2, -0.15) is 0 Å². The molecule has 0 spiro atoms. The first-order valence-corrected chi connectivity index (χ1v) is 6.61. The third kappa shape index (κ3) is 4.41. The molecule has 4 heteroatoms. The molecule has 0 saturated heterocycles. The highest BCUT2D eigenvalue weighted by Crippen LogP contribution is 2.11. The number of alkyl halides is 1. The zero-order chi connectivity index (χ0) is 10.4. The SMILES string of the molecule is O=C(Cc1cccc(Br)c1)NCCI. The van der Waals surface area contributed by atoms with Crippen LogP contribution in [0.5, 0.6) is 0 Å². The molecule has 0 saturated carbocycles. The van der Waals surface area contributed by atoms with Crippen molar-refractivity contribution in [3.05, 3.63) is 34.3 Å². The van der Waals surface area contributed by atoms with Gasteiger partial charge >= 0.3 is 0 Å². The second kappa shape index (κ2) is 6.40. The minimum Gasteiger partial charge on any atom is -0.355 e. The van der Waals surface area contributed by atoms with E-state index in [1.807, 2.05) is 24.3 Å². The van der Waals surface area contributed by atoms with Crippen molar-refractivity contribution in [3.63, 3.8) is 0 Å². The summed E-state index contributed by atoms with van der Waals surface area (Å²) in [5.74, 6) is 0.0831. The number of amides is 1. The van der Waals surface area contributed by atoms with E-state index >= 15 is 0 Å². The van der Waals surface area contributed by atoms with Gasteiger partial charge in [-0.15, -0.1) is 0 Å². The molecular formula is C10H11BrINO. The van der Waals surface area contributed by atoms with Gasteiger partial charge in [0.05, 0.1) is 6.42 Å². The van der Waals surface area contributed by atoms with Crippen LogP contribution in [-0.4, -0.2) is 16.9 Å². The Morgan fingerprint density at radius 2 is 2.29 bits per heavy atom. The third-order valence-electron chi connectivity index (χ3n) is 1.67. The molecule has 0 aromatic heterocycles. The predicted octanol–water partition coefficient (Wildman–Crippen LogP) is 2.54. The molecule has 0 aliphatic heterocycles. The molecule has 1 rings (SSSR count). The summed E-state index contributed by atoms with van der Waals surface area (Å²) < 4.78 is 1.96. The third-order valence-corrected chi connectivity index (χ3v) is 2.70. The van der Waals surface area contributed by atoms with Crippen molar-refractivity contribution in [2.24, 2.45) is 0 Å². The van der Waals surface area contributed by atoms with E-state index in [4.69, 9.17) is 0 Å². The number of hydrogen-bond donors (Lipinski definition) is 1. The summed E-state index contributed by atoms with van der Waals surface area (Å²) in [5, 5.41) is 2.84. The summed E-state index contributed by atoms with van der Waals surface area (Å²) >= 11 is 5.61. The molecule has 1 N–H and O–H groups in total. The molecule has 14 heavy (non-hydrogen) atoms. The highest BCUT2D eigenvalue weighted by molar-refractivity contribution is 14.1. The van der Waals surface area contributed by atoms with Crippen molar-refractivity contribution in [2.75, 3.05) is 11.0 Å². The molecule has 0 aliphatic carbocycles. The lowest BCUT2D eigenvalue weighted by atomic mass is 10.1. The number of nitrogens with one attached hydrogen (secondary N) is 1. The highest BCUT2D eigenvalue weighted by Gasteiger charge is 2.02. The molecule has 76 valence electrons. The lowest BCUT2D eigenvalue weighted by Gasteiger charge is -2.03. The number of hydrogen-bond acceptors (Lipinski definition) is 1. The minimum absolute atomic E-state index is 0.0831. The Morgan fingerprint density at radius 3 is 2.93 bits per heavy atom. The van der Waals surface area contributed by atoms with Crippen LogP contribution in [0.4, 0.5) is 0 Å². The summed E-state index contributed by atoms with van der Waals surface area (Å²) in [6, 6.07) is 7.80. The second-order valence-electron chi connectivity index (χ2n) is 2.85. The first kappa shape index (κ1) is 12.0. The van der Waals surface area contributed by atoms with Gasteiger partial charge in [0, 0.05) is 15.4 Å². The van der Waals surface area contributed by atoms with Gasteiger partial charge in [-0.3, -0.25) is 4.79 Å². The van der Waals surface area contributed by atoms with Crippen molar-refractivity contribution in [1.29, 1.82) is 0 Å². The van der Waals surface area contributed by atoms with Crippen LogP contribution in [0.15, 0.2) is 28.7 Å². The number of carbonyl (C=O) groups excluding carboxylic acids is 1. The average molecular weight is 368 g/mol. The van der Waals surface area contributed by atoms with Gasteiger partial charge in [0.2, 0.25) is 5.91 Å². The van der Waals surface area contributed by atoms with Crippen LogP contribution in [0.2, 0.25) is 0 Å². The Balaban J connectivity index is 2.47. The van der Waals surface area contributed by atoms with E-state index in [1.54, 1.807) is 0 Å². The lowest BCUT2D eigenvalue weighted by molar-refractivity contribution is -0.120. The highest BCUT2D eigenvalue weighted by atomic mass is 127.